The van der Waals surface area contributed by atoms with E-state index < -0.39 is 15.1 Å². The molecule has 19 heavy (non-hydrogen) atoms. The molecule has 1 heterocycles. The second-order valence-corrected chi connectivity index (χ2v) is 8.28. The van der Waals surface area contributed by atoms with Crippen LogP contribution in [0.15, 0.2) is 27.6 Å². The topological polar surface area (TPSA) is 63.2 Å². The molecule has 1 amide bonds. The minimum absolute atomic E-state index is 0.171. The quantitative estimate of drug-likeness (QED) is 0.807. The summed E-state index contributed by atoms with van der Waals surface area (Å²) in [6, 6.07) is 5.15. The van der Waals surface area contributed by atoms with Crippen LogP contribution in [-0.4, -0.2) is 31.9 Å². The molecular weight excluding hydrogens is 350 g/mol. The molecule has 0 spiro atoms. The van der Waals surface area contributed by atoms with E-state index in [1.54, 1.807) is 18.2 Å². The second-order valence-electron chi connectivity index (χ2n) is 4.51. The van der Waals surface area contributed by atoms with Crippen molar-refractivity contribution in [2.45, 2.75) is 23.0 Å². The van der Waals surface area contributed by atoms with Crippen LogP contribution in [0.25, 0.3) is 0 Å². The van der Waals surface area contributed by atoms with Gasteiger partial charge in [-0.15, -0.1) is 12.6 Å². The second kappa shape index (κ2) is 5.85. The summed E-state index contributed by atoms with van der Waals surface area (Å²) in [5.41, 5.74) is 0.461. The number of rotatable bonds is 3. The highest BCUT2D eigenvalue weighted by Crippen LogP contribution is 2.21. The van der Waals surface area contributed by atoms with Crippen molar-refractivity contribution in [1.29, 1.82) is 0 Å². The molecule has 1 N–H and O–H groups in total. The van der Waals surface area contributed by atoms with Crippen LogP contribution in [0.3, 0.4) is 0 Å². The third-order valence-corrected chi connectivity index (χ3v) is 6.39. The number of amides is 1. The van der Waals surface area contributed by atoms with E-state index >= 15 is 0 Å². The van der Waals surface area contributed by atoms with Gasteiger partial charge in [-0.1, -0.05) is 0 Å². The standard InChI is InChI=1S/C12H14BrNO3S2/c13-11-4-3-8(18)6-10(11)12(15)14-7-9-2-1-5-19(9,16)17/h3-4,6,9,18H,1-2,5,7H2,(H,14,15). The van der Waals surface area contributed by atoms with E-state index in [1.165, 1.54) is 0 Å². The average Bonchev–Trinajstić information content (AvgIpc) is 2.68. The maximum atomic E-state index is 12.0. The fourth-order valence-electron chi connectivity index (χ4n) is 2.08. The molecular formula is C12H14BrNO3S2. The molecule has 1 aromatic carbocycles. The zero-order chi connectivity index (χ0) is 14.0. The molecule has 1 aliphatic rings. The summed E-state index contributed by atoms with van der Waals surface area (Å²) in [5.74, 6) is -0.0616. The van der Waals surface area contributed by atoms with Gasteiger partial charge in [0.05, 0.1) is 16.6 Å². The van der Waals surface area contributed by atoms with E-state index in [-0.39, 0.29) is 18.2 Å². The van der Waals surface area contributed by atoms with Gasteiger partial charge in [-0.05, 0) is 47.0 Å². The monoisotopic (exact) mass is 363 g/mol. The van der Waals surface area contributed by atoms with Crippen LogP contribution in [0.5, 0.6) is 0 Å². The molecule has 1 unspecified atom stereocenters. The van der Waals surface area contributed by atoms with E-state index in [4.69, 9.17) is 0 Å². The van der Waals surface area contributed by atoms with E-state index in [2.05, 4.69) is 33.9 Å². The van der Waals surface area contributed by atoms with E-state index in [0.717, 1.165) is 0 Å². The SMILES string of the molecule is O=C(NCC1CCCS1(=O)=O)c1cc(S)ccc1Br. The van der Waals surface area contributed by atoms with Crippen LogP contribution < -0.4 is 5.32 Å². The fraction of sp³-hybridized carbons (Fsp3) is 0.417. The lowest BCUT2D eigenvalue weighted by Crippen LogP contribution is -2.34. The number of halogens is 1. The largest absolute Gasteiger partial charge is 0.351 e. The number of hydrogen-bond acceptors (Lipinski definition) is 4. The normalized spacial score (nSPS) is 21.3. The van der Waals surface area contributed by atoms with Crippen LogP contribution in [0.1, 0.15) is 23.2 Å². The molecule has 1 atom stereocenters. The van der Waals surface area contributed by atoms with Gasteiger partial charge < -0.3 is 5.32 Å². The number of carbonyl (C=O) groups is 1. The number of carbonyl (C=O) groups excluding carboxylic acids is 1. The zero-order valence-corrected chi connectivity index (χ0v) is 13.4. The number of hydrogen-bond donors (Lipinski definition) is 2. The van der Waals surface area contributed by atoms with Crippen LogP contribution >= 0.6 is 28.6 Å². The Balaban J connectivity index is 2.04. The van der Waals surface area contributed by atoms with Gasteiger partial charge in [-0.3, -0.25) is 4.79 Å². The lowest BCUT2D eigenvalue weighted by molar-refractivity contribution is 0.0952. The number of benzene rings is 1. The van der Waals surface area contributed by atoms with Crippen molar-refractivity contribution < 1.29 is 13.2 Å². The number of nitrogens with one attached hydrogen (secondary N) is 1. The van der Waals surface area contributed by atoms with Crippen LogP contribution in [0.4, 0.5) is 0 Å². The lowest BCUT2D eigenvalue weighted by Gasteiger charge is -2.11. The molecule has 2 rings (SSSR count). The van der Waals surface area contributed by atoms with Crippen molar-refractivity contribution in [1.82, 2.24) is 5.32 Å². The van der Waals surface area contributed by atoms with Gasteiger partial charge in [0, 0.05) is 15.9 Å². The summed E-state index contributed by atoms with van der Waals surface area (Å²) in [7, 11) is -3.02. The van der Waals surface area contributed by atoms with Gasteiger partial charge in [0.25, 0.3) is 5.91 Å². The van der Waals surface area contributed by atoms with E-state index in [1.807, 2.05) is 0 Å². The molecule has 1 aromatic rings. The van der Waals surface area contributed by atoms with E-state index in [0.29, 0.717) is 27.8 Å². The minimum atomic E-state index is -3.02. The Morgan fingerprint density at radius 1 is 1.47 bits per heavy atom. The third-order valence-electron chi connectivity index (χ3n) is 3.15. The summed E-state index contributed by atoms with van der Waals surface area (Å²) >= 11 is 7.48. The van der Waals surface area contributed by atoms with Crippen LogP contribution in [-0.2, 0) is 9.84 Å². The Morgan fingerprint density at radius 2 is 2.21 bits per heavy atom. The van der Waals surface area contributed by atoms with Gasteiger partial charge >= 0.3 is 0 Å². The number of thiol groups is 1. The van der Waals surface area contributed by atoms with E-state index in [9.17, 15) is 13.2 Å². The summed E-state index contributed by atoms with van der Waals surface area (Å²) in [5, 5.41) is 2.23. The van der Waals surface area contributed by atoms with Gasteiger partial charge in [-0.2, -0.15) is 0 Å². The smallest absolute Gasteiger partial charge is 0.252 e. The van der Waals surface area contributed by atoms with Crippen molar-refractivity contribution in [3.63, 3.8) is 0 Å². The Kier molecular flexibility index (Phi) is 4.58. The predicted octanol–water partition coefficient (Wildman–Crippen LogP) is 2.04. The Hall–Kier alpha value is -0.530. The maximum absolute atomic E-state index is 12.0. The number of sulfone groups is 1. The molecule has 1 saturated heterocycles. The minimum Gasteiger partial charge on any atom is -0.351 e. The molecule has 0 radical (unpaired) electrons. The van der Waals surface area contributed by atoms with Gasteiger partial charge in [0.2, 0.25) is 0 Å². The van der Waals surface area contributed by atoms with Crippen molar-refractivity contribution in [2.24, 2.45) is 0 Å². The van der Waals surface area contributed by atoms with Crippen molar-refractivity contribution in [3.05, 3.63) is 28.2 Å². The van der Waals surface area contributed by atoms with Gasteiger partial charge in [-0.25, -0.2) is 8.42 Å². The summed E-state index contributed by atoms with van der Waals surface area (Å²) in [6.07, 6.45) is 1.30. The highest BCUT2D eigenvalue weighted by atomic mass is 79.9. The molecule has 4 nitrogen and oxygen atoms in total. The fourth-order valence-corrected chi connectivity index (χ4v) is 4.47. The summed E-state index contributed by atoms with van der Waals surface area (Å²) in [6.45, 7) is 0.171. The maximum Gasteiger partial charge on any atom is 0.252 e. The predicted molar refractivity (Wildman–Crippen MR) is 80.5 cm³/mol. The third kappa shape index (κ3) is 3.52. The molecule has 1 fully saturated rings. The first-order valence-corrected chi connectivity index (χ1v) is 8.84. The average molecular weight is 364 g/mol. The Bertz CT molecular complexity index is 601. The van der Waals surface area contributed by atoms with Gasteiger partial charge in [0.15, 0.2) is 9.84 Å². The van der Waals surface area contributed by atoms with Crippen LogP contribution in [0, 0.1) is 0 Å². The molecule has 0 bridgehead atoms. The summed E-state index contributed by atoms with van der Waals surface area (Å²) in [4.78, 5) is 12.7. The van der Waals surface area contributed by atoms with Crippen molar-refractivity contribution in [3.8, 4) is 0 Å². The van der Waals surface area contributed by atoms with Crippen LogP contribution in [0.2, 0.25) is 0 Å². The summed E-state index contributed by atoms with van der Waals surface area (Å²) < 4.78 is 24.0. The Labute approximate surface area is 126 Å². The molecule has 0 aliphatic carbocycles. The van der Waals surface area contributed by atoms with Crippen molar-refractivity contribution >= 4 is 44.3 Å². The molecule has 104 valence electrons. The lowest BCUT2D eigenvalue weighted by atomic mass is 10.2. The molecule has 0 aromatic heterocycles. The first-order chi connectivity index (χ1) is 8.90. The molecule has 0 saturated carbocycles. The highest BCUT2D eigenvalue weighted by Gasteiger charge is 2.31. The first kappa shape index (κ1) is 14.9. The van der Waals surface area contributed by atoms with Gasteiger partial charge in [0.1, 0.15) is 0 Å². The molecule has 7 heteroatoms. The molecule has 1 aliphatic heterocycles. The van der Waals surface area contributed by atoms with Crippen molar-refractivity contribution in [2.75, 3.05) is 12.3 Å². The zero-order valence-electron chi connectivity index (χ0n) is 10.1. The Morgan fingerprint density at radius 3 is 2.84 bits per heavy atom. The first-order valence-electron chi connectivity index (χ1n) is 5.88. The highest BCUT2D eigenvalue weighted by molar-refractivity contribution is 9.10.